The molecule has 0 saturated carbocycles. The van der Waals surface area contributed by atoms with E-state index in [9.17, 15) is 4.79 Å². The third-order valence-electron chi connectivity index (χ3n) is 2.47. The first-order valence-electron chi connectivity index (χ1n) is 5.78. The van der Waals surface area contributed by atoms with Gasteiger partial charge in [0, 0.05) is 16.3 Å². The first-order valence-corrected chi connectivity index (χ1v) is 6.77. The number of ether oxygens (including phenoxy) is 2. The number of carbonyl (C=O) groups excluding carboxylic acids is 1. The Balaban J connectivity index is 1.95. The second-order valence-electron chi connectivity index (χ2n) is 3.85. The average molecular weight is 268 g/mol. The van der Waals surface area contributed by atoms with Gasteiger partial charge >= 0.3 is 6.09 Å². The van der Waals surface area contributed by atoms with E-state index in [-0.39, 0.29) is 12.2 Å². The van der Waals surface area contributed by atoms with Crippen molar-refractivity contribution in [1.29, 1.82) is 0 Å². The van der Waals surface area contributed by atoms with Crippen LogP contribution in [0.15, 0.2) is 23.1 Å². The number of nitrogens with one attached hydrogen (secondary N) is 1. The molecular formula is C12H16N2O3S. The minimum atomic E-state index is -0.350. The van der Waals surface area contributed by atoms with E-state index in [1.807, 2.05) is 25.1 Å². The zero-order valence-electron chi connectivity index (χ0n) is 10.1. The summed E-state index contributed by atoms with van der Waals surface area (Å²) in [4.78, 5) is 11.8. The Morgan fingerprint density at radius 2 is 2.44 bits per heavy atom. The lowest BCUT2D eigenvalue weighted by atomic mass is 10.3. The normalized spacial score (nSPS) is 18.3. The fourth-order valence-electron chi connectivity index (χ4n) is 1.60. The molecule has 1 saturated heterocycles. The van der Waals surface area contributed by atoms with E-state index in [1.54, 1.807) is 11.8 Å². The molecule has 0 spiro atoms. The van der Waals surface area contributed by atoms with Gasteiger partial charge in [-0.15, -0.1) is 11.8 Å². The molecule has 1 atom stereocenters. The summed E-state index contributed by atoms with van der Waals surface area (Å²) in [6, 6.07) is 5.58. The van der Waals surface area contributed by atoms with E-state index in [0.717, 1.165) is 10.6 Å². The molecule has 0 radical (unpaired) electrons. The molecule has 1 fully saturated rings. The van der Waals surface area contributed by atoms with E-state index in [4.69, 9.17) is 15.2 Å². The van der Waals surface area contributed by atoms with Crippen LogP contribution in [0.2, 0.25) is 0 Å². The summed E-state index contributed by atoms with van der Waals surface area (Å²) in [5.41, 5.74) is 6.61. The summed E-state index contributed by atoms with van der Waals surface area (Å²) < 4.78 is 10.5. The maximum Gasteiger partial charge on any atom is 0.407 e. The molecule has 98 valence electrons. The zero-order chi connectivity index (χ0) is 13.0. The highest BCUT2D eigenvalue weighted by Gasteiger charge is 2.22. The van der Waals surface area contributed by atoms with E-state index in [0.29, 0.717) is 24.6 Å². The van der Waals surface area contributed by atoms with Gasteiger partial charge in [-0.1, -0.05) is 0 Å². The Morgan fingerprint density at radius 3 is 3.11 bits per heavy atom. The Bertz CT molecular complexity index is 439. The van der Waals surface area contributed by atoms with Crippen LogP contribution in [0.5, 0.6) is 5.75 Å². The second kappa shape index (κ2) is 5.86. The predicted molar refractivity (Wildman–Crippen MR) is 71.0 cm³/mol. The van der Waals surface area contributed by atoms with Crippen LogP contribution in [-0.2, 0) is 4.74 Å². The molecule has 5 nitrogen and oxygen atoms in total. The quantitative estimate of drug-likeness (QED) is 0.630. The number of hydrogen-bond donors (Lipinski definition) is 2. The average Bonchev–Trinajstić information content (AvgIpc) is 2.76. The molecule has 0 aromatic heterocycles. The van der Waals surface area contributed by atoms with Crippen molar-refractivity contribution in [3.63, 3.8) is 0 Å². The molecule has 1 heterocycles. The molecule has 2 rings (SSSR count). The minimum Gasteiger partial charge on any atom is -0.494 e. The number of nitrogens with two attached hydrogens (primary N) is 1. The van der Waals surface area contributed by atoms with Crippen molar-refractivity contribution in [1.82, 2.24) is 5.32 Å². The zero-order valence-corrected chi connectivity index (χ0v) is 11.0. The number of benzene rings is 1. The largest absolute Gasteiger partial charge is 0.494 e. The molecule has 0 bridgehead atoms. The number of carbonyl (C=O) groups is 1. The summed E-state index contributed by atoms with van der Waals surface area (Å²) in [5, 5.41) is 2.62. The van der Waals surface area contributed by atoms with Gasteiger partial charge in [0.1, 0.15) is 11.9 Å². The molecule has 1 aromatic carbocycles. The monoisotopic (exact) mass is 268 g/mol. The SMILES string of the molecule is CCOc1ccc(N)c(SCC2CNC(=O)O2)c1. The Kier molecular flexibility index (Phi) is 4.19. The van der Waals surface area contributed by atoms with Gasteiger partial charge in [-0.05, 0) is 25.1 Å². The van der Waals surface area contributed by atoms with Gasteiger partial charge in [0.25, 0.3) is 0 Å². The van der Waals surface area contributed by atoms with Crippen LogP contribution in [0, 0.1) is 0 Å². The minimum absolute atomic E-state index is 0.0994. The molecular weight excluding hydrogens is 252 g/mol. The summed E-state index contributed by atoms with van der Waals surface area (Å²) in [6.45, 7) is 3.11. The van der Waals surface area contributed by atoms with E-state index < -0.39 is 0 Å². The van der Waals surface area contributed by atoms with Gasteiger partial charge < -0.3 is 20.5 Å². The third-order valence-corrected chi connectivity index (χ3v) is 3.67. The molecule has 1 aromatic rings. The first kappa shape index (κ1) is 12.9. The first-order chi connectivity index (χ1) is 8.69. The van der Waals surface area contributed by atoms with Crippen LogP contribution < -0.4 is 15.8 Å². The van der Waals surface area contributed by atoms with Gasteiger partial charge in [-0.2, -0.15) is 0 Å². The van der Waals surface area contributed by atoms with Crippen molar-refractivity contribution >= 4 is 23.5 Å². The van der Waals surface area contributed by atoms with Gasteiger partial charge in [0.15, 0.2) is 0 Å². The van der Waals surface area contributed by atoms with Gasteiger partial charge in [-0.25, -0.2) is 4.79 Å². The summed E-state index contributed by atoms with van der Waals surface area (Å²) >= 11 is 1.56. The number of alkyl carbamates (subject to hydrolysis) is 1. The molecule has 0 aliphatic carbocycles. The Labute approximate surface area is 110 Å². The van der Waals surface area contributed by atoms with Crippen molar-refractivity contribution in [3.8, 4) is 5.75 Å². The van der Waals surface area contributed by atoms with Crippen LogP contribution in [0.1, 0.15) is 6.92 Å². The highest BCUT2D eigenvalue weighted by Crippen LogP contribution is 2.30. The van der Waals surface area contributed by atoms with Crippen molar-refractivity contribution in [2.75, 3.05) is 24.6 Å². The second-order valence-corrected chi connectivity index (χ2v) is 4.91. The van der Waals surface area contributed by atoms with E-state index in [2.05, 4.69) is 5.32 Å². The van der Waals surface area contributed by atoms with Gasteiger partial charge in [0.05, 0.1) is 13.2 Å². The maximum atomic E-state index is 10.9. The topological polar surface area (TPSA) is 73.6 Å². The van der Waals surface area contributed by atoms with Crippen LogP contribution in [-0.4, -0.2) is 31.1 Å². The maximum absolute atomic E-state index is 10.9. The lowest BCUT2D eigenvalue weighted by Gasteiger charge is -2.11. The van der Waals surface area contributed by atoms with Crippen molar-refractivity contribution in [3.05, 3.63) is 18.2 Å². The molecule has 1 aliphatic heterocycles. The molecule has 1 amide bonds. The summed E-state index contributed by atoms with van der Waals surface area (Å²) in [7, 11) is 0. The molecule has 1 unspecified atom stereocenters. The van der Waals surface area contributed by atoms with Crippen molar-refractivity contribution in [2.45, 2.75) is 17.9 Å². The number of hydrogen-bond acceptors (Lipinski definition) is 5. The fourth-order valence-corrected chi connectivity index (χ4v) is 2.59. The van der Waals surface area contributed by atoms with Crippen molar-refractivity contribution in [2.24, 2.45) is 0 Å². The number of anilines is 1. The standard InChI is InChI=1S/C12H16N2O3S/c1-2-16-8-3-4-10(13)11(5-8)18-7-9-6-14-12(15)17-9/h3-5,9H,2,6-7,13H2,1H3,(H,14,15). The number of amides is 1. The van der Waals surface area contributed by atoms with Gasteiger partial charge in [0.2, 0.25) is 0 Å². The lowest BCUT2D eigenvalue weighted by molar-refractivity contribution is 0.150. The summed E-state index contributed by atoms with van der Waals surface area (Å²) in [6.07, 6.45) is -0.450. The Morgan fingerprint density at radius 1 is 1.61 bits per heavy atom. The predicted octanol–water partition coefficient (Wildman–Crippen LogP) is 1.87. The highest BCUT2D eigenvalue weighted by atomic mass is 32.2. The molecule has 1 aliphatic rings. The van der Waals surface area contributed by atoms with E-state index in [1.165, 1.54) is 0 Å². The number of cyclic esters (lactones) is 1. The lowest BCUT2D eigenvalue weighted by Crippen LogP contribution is -2.16. The summed E-state index contributed by atoms with van der Waals surface area (Å²) in [5.74, 6) is 1.48. The molecule has 6 heteroatoms. The van der Waals surface area contributed by atoms with Crippen LogP contribution in [0.25, 0.3) is 0 Å². The van der Waals surface area contributed by atoms with E-state index >= 15 is 0 Å². The fraction of sp³-hybridized carbons (Fsp3) is 0.417. The number of thioether (sulfide) groups is 1. The van der Waals surface area contributed by atoms with Gasteiger partial charge in [-0.3, -0.25) is 0 Å². The smallest absolute Gasteiger partial charge is 0.407 e. The highest BCUT2D eigenvalue weighted by molar-refractivity contribution is 7.99. The molecule has 18 heavy (non-hydrogen) atoms. The number of nitrogen functional groups attached to an aromatic ring is 1. The van der Waals surface area contributed by atoms with Crippen molar-refractivity contribution < 1.29 is 14.3 Å². The third kappa shape index (κ3) is 3.22. The van der Waals surface area contributed by atoms with Crippen LogP contribution >= 0.6 is 11.8 Å². The number of rotatable bonds is 5. The van der Waals surface area contributed by atoms with Crippen LogP contribution in [0.3, 0.4) is 0 Å². The Hall–Kier alpha value is -1.56. The molecule has 3 N–H and O–H groups in total. The van der Waals surface area contributed by atoms with Crippen LogP contribution in [0.4, 0.5) is 10.5 Å².